The minimum Gasteiger partial charge on any atom is -0.370 e. The fourth-order valence-corrected chi connectivity index (χ4v) is 1.81. The first-order valence-corrected chi connectivity index (χ1v) is 4.20. The van der Waals surface area contributed by atoms with E-state index in [-0.39, 0.29) is 0 Å². The Morgan fingerprint density at radius 2 is 2.64 bits per heavy atom. The zero-order valence-electron chi connectivity index (χ0n) is 6.24. The van der Waals surface area contributed by atoms with Gasteiger partial charge in [-0.05, 0) is 25.1 Å². The van der Waals surface area contributed by atoms with Crippen molar-refractivity contribution in [2.45, 2.75) is 4.90 Å². The highest BCUT2D eigenvalue weighted by atomic mass is 32.2. The first-order chi connectivity index (χ1) is 5.36. The van der Waals surface area contributed by atoms with Crippen LogP contribution in [0.15, 0.2) is 23.4 Å². The Bertz CT molecular complexity index is 264. The maximum Gasteiger partial charge on any atom is 0.0775 e. The maximum absolute atomic E-state index is 4.04. The van der Waals surface area contributed by atoms with E-state index in [2.05, 4.69) is 14.6 Å². The first kappa shape index (κ1) is 6.94. The lowest BCUT2D eigenvalue weighted by Crippen LogP contribution is -2.22. The van der Waals surface area contributed by atoms with Gasteiger partial charge in [0, 0.05) is 12.4 Å². The topological polar surface area (TPSA) is 28.2 Å². The van der Waals surface area contributed by atoms with Crippen molar-refractivity contribution >= 4 is 17.6 Å². The van der Waals surface area contributed by atoms with Crippen LogP contribution in [-0.4, -0.2) is 23.0 Å². The molecule has 2 heterocycles. The van der Waals surface area contributed by atoms with Crippen molar-refractivity contribution in [1.82, 2.24) is 9.29 Å². The van der Waals surface area contributed by atoms with Crippen molar-refractivity contribution in [2.75, 3.05) is 19.0 Å². The van der Waals surface area contributed by atoms with Crippen LogP contribution in [0.1, 0.15) is 0 Å². The van der Waals surface area contributed by atoms with Gasteiger partial charge >= 0.3 is 0 Å². The molecular formula is C7H9N3S. The molecule has 58 valence electrons. The number of nitrogens with one attached hydrogen (secondary N) is 1. The summed E-state index contributed by atoms with van der Waals surface area (Å²) in [7, 11) is 2.05. The van der Waals surface area contributed by atoms with E-state index in [0.717, 1.165) is 6.67 Å². The number of pyridine rings is 1. The van der Waals surface area contributed by atoms with Crippen LogP contribution in [0, 0.1) is 0 Å². The van der Waals surface area contributed by atoms with Gasteiger partial charge in [-0.25, -0.2) is 4.31 Å². The third-order valence-electron chi connectivity index (χ3n) is 1.53. The second kappa shape index (κ2) is 2.71. The third-order valence-corrected chi connectivity index (χ3v) is 2.49. The second-order valence-corrected chi connectivity index (χ2v) is 3.67. The van der Waals surface area contributed by atoms with Crippen LogP contribution in [0.5, 0.6) is 0 Å². The van der Waals surface area contributed by atoms with Gasteiger partial charge in [0.05, 0.1) is 17.3 Å². The quantitative estimate of drug-likeness (QED) is 0.591. The molecule has 0 unspecified atom stereocenters. The fourth-order valence-electron chi connectivity index (χ4n) is 0.995. The Morgan fingerprint density at radius 3 is 3.55 bits per heavy atom. The molecule has 0 amide bonds. The number of rotatable bonds is 0. The summed E-state index contributed by atoms with van der Waals surface area (Å²) in [5.74, 6) is 0. The minimum absolute atomic E-state index is 0.891. The minimum atomic E-state index is 0.891. The zero-order chi connectivity index (χ0) is 7.68. The van der Waals surface area contributed by atoms with E-state index in [1.54, 1.807) is 18.1 Å². The molecule has 0 aliphatic carbocycles. The molecule has 0 spiro atoms. The summed E-state index contributed by atoms with van der Waals surface area (Å²) in [6.45, 7) is 0.891. The van der Waals surface area contributed by atoms with Crippen molar-refractivity contribution in [1.29, 1.82) is 0 Å². The van der Waals surface area contributed by atoms with Crippen molar-refractivity contribution < 1.29 is 0 Å². The number of nitrogens with zero attached hydrogens (tertiary/aromatic N) is 2. The van der Waals surface area contributed by atoms with Gasteiger partial charge in [-0.3, -0.25) is 4.98 Å². The molecule has 1 N–H and O–H groups in total. The standard InChI is InChI=1S/C7H9N3S/c1-10-5-9-6-2-3-8-4-7(6)11-10/h2-4,9H,5H2,1H3. The van der Waals surface area contributed by atoms with Crippen molar-refractivity contribution in [2.24, 2.45) is 0 Å². The number of hydrogen-bond acceptors (Lipinski definition) is 4. The van der Waals surface area contributed by atoms with Crippen molar-refractivity contribution in [3.05, 3.63) is 18.5 Å². The highest BCUT2D eigenvalue weighted by Crippen LogP contribution is 2.31. The van der Waals surface area contributed by atoms with Crippen LogP contribution in [-0.2, 0) is 0 Å². The maximum atomic E-state index is 4.04. The highest BCUT2D eigenvalue weighted by Gasteiger charge is 2.11. The molecule has 2 rings (SSSR count). The summed E-state index contributed by atoms with van der Waals surface area (Å²) in [4.78, 5) is 5.24. The summed E-state index contributed by atoms with van der Waals surface area (Å²) < 4.78 is 2.13. The normalized spacial score (nSPS) is 17.2. The molecule has 1 aliphatic rings. The molecular weight excluding hydrogens is 158 g/mol. The van der Waals surface area contributed by atoms with Crippen LogP contribution in [0.4, 0.5) is 5.69 Å². The summed E-state index contributed by atoms with van der Waals surface area (Å²) in [6.07, 6.45) is 3.68. The molecule has 0 fully saturated rings. The van der Waals surface area contributed by atoms with Gasteiger partial charge in [0.1, 0.15) is 0 Å². The highest BCUT2D eigenvalue weighted by molar-refractivity contribution is 7.97. The van der Waals surface area contributed by atoms with E-state index in [4.69, 9.17) is 0 Å². The number of fused-ring (bicyclic) bond motifs is 1. The summed E-state index contributed by atoms with van der Waals surface area (Å²) in [5, 5.41) is 3.28. The average Bonchev–Trinajstić information content (AvgIpc) is 2.04. The zero-order valence-corrected chi connectivity index (χ0v) is 7.06. The van der Waals surface area contributed by atoms with E-state index >= 15 is 0 Å². The average molecular weight is 167 g/mol. The molecule has 1 aromatic rings. The molecule has 3 nitrogen and oxygen atoms in total. The van der Waals surface area contributed by atoms with Crippen LogP contribution >= 0.6 is 11.9 Å². The van der Waals surface area contributed by atoms with Crippen LogP contribution in [0.2, 0.25) is 0 Å². The van der Waals surface area contributed by atoms with E-state index < -0.39 is 0 Å². The van der Waals surface area contributed by atoms with Gasteiger partial charge in [-0.15, -0.1) is 0 Å². The Balaban J connectivity index is 2.34. The number of aromatic nitrogens is 1. The largest absolute Gasteiger partial charge is 0.370 e. The van der Waals surface area contributed by atoms with Gasteiger partial charge in [0.2, 0.25) is 0 Å². The number of hydrogen-bond donors (Lipinski definition) is 1. The SMILES string of the molecule is CN1CNc2ccncc2S1. The molecule has 1 aliphatic heterocycles. The molecule has 0 aromatic carbocycles. The summed E-state index contributed by atoms with van der Waals surface area (Å²) in [6, 6.07) is 2.00. The van der Waals surface area contributed by atoms with Gasteiger partial charge in [-0.1, -0.05) is 0 Å². The van der Waals surface area contributed by atoms with E-state index in [1.165, 1.54) is 10.6 Å². The molecule has 11 heavy (non-hydrogen) atoms. The molecule has 4 heteroatoms. The monoisotopic (exact) mass is 167 g/mol. The first-order valence-electron chi connectivity index (χ1n) is 3.43. The molecule has 0 bridgehead atoms. The van der Waals surface area contributed by atoms with Gasteiger partial charge < -0.3 is 5.32 Å². The van der Waals surface area contributed by atoms with Crippen LogP contribution in [0.25, 0.3) is 0 Å². The Labute approximate surface area is 69.9 Å². The molecule has 0 atom stereocenters. The van der Waals surface area contributed by atoms with Gasteiger partial charge in [-0.2, -0.15) is 0 Å². The molecule has 0 saturated carbocycles. The van der Waals surface area contributed by atoms with Crippen LogP contribution in [0.3, 0.4) is 0 Å². The fraction of sp³-hybridized carbons (Fsp3) is 0.286. The lowest BCUT2D eigenvalue weighted by Gasteiger charge is -2.24. The molecule has 0 saturated heterocycles. The van der Waals surface area contributed by atoms with Crippen molar-refractivity contribution in [3.63, 3.8) is 0 Å². The number of anilines is 1. The van der Waals surface area contributed by atoms with E-state index in [1.807, 2.05) is 19.3 Å². The summed E-state index contributed by atoms with van der Waals surface area (Å²) in [5.41, 5.74) is 1.18. The molecule has 1 aromatic heterocycles. The predicted octanol–water partition coefficient (Wildman–Crippen LogP) is 1.40. The Hall–Kier alpha value is -0.740. The second-order valence-electron chi connectivity index (χ2n) is 2.43. The van der Waals surface area contributed by atoms with E-state index in [0.29, 0.717) is 0 Å². The van der Waals surface area contributed by atoms with E-state index in [9.17, 15) is 0 Å². The van der Waals surface area contributed by atoms with Gasteiger partial charge in [0.25, 0.3) is 0 Å². The van der Waals surface area contributed by atoms with Crippen molar-refractivity contribution in [3.8, 4) is 0 Å². The third kappa shape index (κ3) is 1.32. The summed E-state index contributed by atoms with van der Waals surface area (Å²) >= 11 is 1.72. The molecule has 0 radical (unpaired) electrons. The Morgan fingerprint density at radius 1 is 1.73 bits per heavy atom. The lowest BCUT2D eigenvalue weighted by molar-refractivity contribution is 0.601. The predicted molar refractivity (Wildman–Crippen MR) is 46.3 cm³/mol. The van der Waals surface area contributed by atoms with Crippen LogP contribution < -0.4 is 5.32 Å². The lowest BCUT2D eigenvalue weighted by atomic mass is 10.4. The smallest absolute Gasteiger partial charge is 0.0775 e. The Kier molecular flexibility index (Phi) is 1.71. The van der Waals surface area contributed by atoms with Gasteiger partial charge in [0.15, 0.2) is 0 Å².